The van der Waals surface area contributed by atoms with E-state index in [0.29, 0.717) is 29.4 Å². The van der Waals surface area contributed by atoms with Gasteiger partial charge in [-0.25, -0.2) is 8.78 Å². The van der Waals surface area contributed by atoms with Gasteiger partial charge in [-0.1, -0.05) is 0 Å². The van der Waals surface area contributed by atoms with E-state index in [4.69, 9.17) is 0 Å². The molecule has 3 N–H and O–H groups in total. The maximum Gasteiger partial charge on any atom is 0.225 e. The number of amides is 1. The molecule has 0 unspecified atom stereocenters. The fraction of sp³-hybridized carbons (Fsp3) is 0.412. The van der Waals surface area contributed by atoms with Crippen molar-refractivity contribution in [2.24, 2.45) is 5.92 Å². The number of piperidine rings is 1. The fourth-order valence-electron chi connectivity index (χ4n) is 2.95. The SMILES string of the molecule is Cl.O=C(CCC1CCNCC1)Nc1cc(-c2cc(F)cc(F)c2)[nH]n1. The largest absolute Gasteiger partial charge is 0.317 e. The van der Waals surface area contributed by atoms with Crippen LogP contribution in [-0.4, -0.2) is 29.2 Å². The number of nitrogens with zero attached hydrogens (tertiary/aromatic N) is 1. The molecule has 0 bridgehead atoms. The van der Waals surface area contributed by atoms with Gasteiger partial charge in [-0.15, -0.1) is 12.4 Å². The van der Waals surface area contributed by atoms with E-state index in [9.17, 15) is 13.6 Å². The van der Waals surface area contributed by atoms with Gasteiger partial charge in [0.1, 0.15) is 11.6 Å². The number of halogens is 3. The minimum absolute atomic E-state index is 0. The highest BCUT2D eigenvalue weighted by atomic mass is 35.5. The van der Waals surface area contributed by atoms with Gasteiger partial charge in [0.25, 0.3) is 0 Å². The number of hydrogen-bond donors (Lipinski definition) is 3. The van der Waals surface area contributed by atoms with E-state index >= 15 is 0 Å². The minimum Gasteiger partial charge on any atom is -0.317 e. The number of carbonyl (C=O) groups is 1. The van der Waals surface area contributed by atoms with Crippen molar-refractivity contribution in [3.05, 3.63) is 35.9 Å². The van der Waals surface area contributed by atoms with Crippen LogP contribution < -0.4 is 10.6 Å². The first kappa shape index (κ1) is 19.3. The third-order valence-corrected chi connectivity index (χ3v) is 4.26. The number of nitrogens with one attached hydrogen (secondary N) is 3. The third kappa shape index (κ3) is 5.51. The molecular formula is C17H21ClF2N4O. The summed E-state index contributed by atoms with van der Waals surface area (Å²) in [4.78, 5) is 12.0. The van der Waals surface area contributed by atoms with Crippen molar-refractivity contribution in [3.63, 3.8) is 0 Å². The molecule has 1 aromatic carbocycles. The lowest BCUT2D eigenvalue weighted by Gasteiger charge is -2.21. The van der Waals surface area contributed by atoms with Crippen molar-refractivity contribution in [2.75, 3.05) is 18.4 Å². The van der Waals surface area contributed by atoms with Gasteiger partial charge in [0.15, 0.2) is 5.82 Å². The van der Waals surface area contributed by atoms with Gasteiger partial charge in [-0.2, -0.15) is 5.10 Å². The summed E-state index contributed by atoms with van der Waals surface area (Å²) in [7, 11) is 0. The highest BCUT2D eigenvalue weighted by Gasteiger charge is 2.15. The summed E-state index contributed by atoms with van der Waals surface area (Å²) in [5.74, 6) is -0.483. The van der Waals surface area contributed by atoms with Gasteiger partial charge < -0.3 is 10.6 Å². The van der Waals surface area contributed by atoms with Crippen LogP contribution in [0.3, 0.4) is 0 Å². The Balaban J connectivity index is 0.00000225. The molecular weight excluding hydrogens is 350 g/mol. The Morgan fingerprint density at radius 2 is 1.84 bits per heavy atom. The highest BCUT2D eigenvalue weighted by Crippen LogP contribution is 2.22. The Hall–Kier alpha value is -1.99. The summed E-state index contributed by atoms with van der Waals surface area (Å²) in [5, 5.41) is 12.7. The van der Waals surface area contributed by atoms with Crippen LogP contribution in [0.4, 0.5) is 14.6 Å². The second-order valence-corrected chi connectivity index (χ2v) is 6.11. The molecule has 0 saturated carbocycles. The van der Waals surface area contributed by atoms with Crippen LogP contribution in [-0.2, 0) is 4.79 Å². The molecule has 2 aromatic rings. The van der Waals surface area contributed by atoms with E-state index in [0.717, 1.165) is 38.4 Å². The number of carbonyl (C=O) groups excluding carboxylic acids is 1. The molecule has 2 heterocycles. The van der Waals surface area contributed by atoms with E-state index in [1.54, 1.807) is 6.07 Å². The molecule has 1 saturated heterocycles. The molecule has 0 radical (unpaired) electrons. The van der Waals surface area contributed by atoms with Crippen molar-refractivity contribution in [3.8, 4) is 11.3 Å². The van der Waals surface area contributed by atoms with Crippen LogP contribution >= 0.6 is 12.4 Å². The van der Waals surface area contributed by atoms with Crippen LogP contribution in [0.2, 0.25) is 0 Å². The fourth-order valence-corrected chi connectivity index (χ4v) is 2.95. The van der Waals surface area contributed by atoms with Crippen LogP contribution in [0.1, 0.15) is 25.7 Å². The monoisotopic (exact) mass is 370 g/mol. The van der Waals surface area contributed by atoms with E-state index in [1.807, 2.05) is 0 Å². The number of hydrogen-bond acceptors (Lipinski definition) is 3. The van der Waals surface area contributed by atoms with Crippen LogP contribution in [0.25, 0.3) is 11.3 Å². The smallest absolute Gasteiger partial charge is 0.225 e. The Morgan fingerprint density at radius 1 is 1.16 bits per heavy atom. The number of anilines is 1. The van der Waals surface area contributed by atoms with Crippen LogP contribution in [0, 0.1) is 17.6 Å². The van der Waals surface area contributed by atoms with E-state index < -0.39 is 11.6 Å². The lowest BCUT2D eigenvalue weighted by atomic mass is 9.93. The normalized spacial score (nSPS) is 14.8. The molecule has 25 heavy (non-hydrogen) atoms. The van der Waals surface area contributed by atoms with Crippen molar-refractivity contribution in [1.29, 1.82) is 0 Å². The van der Waals surface area contributed by atoms with E-state index in [2.05, 4.69) is 20.8 Å². The summed E-state index contributed by atoms with van der Waals surface area (Å²) in [6.07, 6.45) is 3.51. The molecule has 0 spiro atoms. The average Bonchev–Trinajstić information content (AvgIpc) is 3.01. The molecule has 3 rings (SSSR count). The van der Waals surface area contributed by atoms with Crippen molar-refractivity contribution < 1.29 is 13.6 Å². The second kappa shape index (κ2) is 8.92. The summed E-state index contributed by atoms with van der Waals surface area (Å²) in [6, 6.07) is 4.79. The third-order valence-electron chi connectivity index (χ3n) is 4.26. The lowest BCUT2D eigenvalue weighted by Crippen LogP contribution is -2.28. The summed E-state index contributed by atoms with van der Waals surface area (Å²) in [5.41, 5.74) is 0.789. The average molecular weight is 371 g/mol. The molecule has 5 nitrogen and oxygen atoms in total. The van der Waals surface area contributed by atoms with Gasteiger partial charge in [0, 0.05) is 24.1 Å². The zero-order chi connectivity index (χ0) is 16.9. The maximum absolute atomic E-state index is 13.3. The van der Waals surface area contributed by atoms with Crippen molar-refractivity contribution >= 4 is 24.1 Å². The summed E-state index contributed by atoms with van der Waals surface area (Å²) < 4.78 is 26.5. The first-order chi connectivity index (χ1) is 11.6. The summed E-state index contributed by atoms with van der Waals surface area (Å²) >= 11 is 0. The predicted molar refractivity (Wildman–Crippen MR) is 94.6 cm³/mol. The van der Waals surface area contributed by atoms with Gasteiger partial charge in [-0.3, -0.25) is 9.89 Å². The number of rotatable bonds is 5. The molecule has 1 aliphatic rings. The number of aromatic nitrogens is 2. The Labute approximate surface area is 151 Å². The zero-order valence-electron chi connectivity index (χ0n) is 13.6. The van der Waals surface area contributed by atoms with Gasteiger partial charge in [0.2, 0.25) is 5.91 Å². The molecule has 0 aliphatic carbocycles. The first-order valence-electron chi connectivity index (χ1n) is 8.12. The Bertz CT molecular complexity index is 696. The molecule has 1 fully saturated rings. The number of H-pyrrole nitrogens is 1. The van der Waals surface area contributed by atoms with Gasteiger partial charge in [-0.05, 0) is 50.4 Å². The molecule has 1 aliphatic heterocycles. The first-order valence-corrected chi connectivity index (χ1v) is 8.12. The number of benzene rings is 1. The van der Waals surface area contributed by atoms with Gasteiger partial charge in [0.05, 0.1) is 5.69 Å². The van der Waals surface area contributed by atoms with E-state index in [-0.39, 0.29) is 18.3 Å². The highest BCUT2D eigenvalue weighted by molar-refractivity contribution is 5.90. The standard InChI is InChI=1S/C17H20F2N4O.ClH/c18-13-7-12(8-14(19)9-13)15-10-16(23-22-15)21-17(24)2-1-11-3-5-20-6-4-11;/h7-11,20H,1-6H2,(H2,21,22,23,24);1H. The van der Waals surface area contributed by atoms with E-state index in [1.165, 1.54) is 12.1 Å². The van der Waals surface area contributed by atoms with Crippen molar-refractivity contribution in [2.45, 2.75) is 25.7 Å². The number of aromatic amines is 1. The summed E-state index contributed by atoms with van der Waals surface area (Å²) in [6.45, 7) is 2.03. The maximum atomic E-state index is 13.3. The van der Waals surface area contributed by atoms with Crippen molar-refractivity contribution in [1.82, 2.24) is 15.5 Å². The molecule has 136 valence electrons. The van der Waals surface area contributed by atoms with Crippen LogP contribution in [0.5, 0.6) is 0 Å². The quantitative estimate of drug-likeness (QED) is 0.754. The second-order valence-electron chi connectivity index (χ2n) is 6.11. The lowest BCUT2D eigenvalue weighted by molar-refractivity contribution is -0.116. The molecule has 0 atom stereocenters. The molecule has 1 aromatic heterocycles. The molecule has 8 heteroatoms. The Morgan fingerprint density at radius 3 is 2.52 bits per heavy atom. The minimum atomic E-state index is -0.660. The Kier molecular flexibility index (Phi) is 6.90. The van der Waals surface area contributed by atoms with Crippen LogP contribution in [0.15, 0.2) is 24.3 Å². The van der Waals surface area contributed by atoms with Gasteiger partial charge >= 0.3 is 0 Å². The topological polar surface area (TPSA) is 69.8 Å². The molecule has 1 amide bonds. The zero-order valence-corrected chi connectivity index (χ0v) is 14.5. The predicted octanol–water partition coefficient (Wildman–Crippen LogP) is 3.50.